The van der Waals surface area contributed by atoms with Crippen LogP contribution in [0.4, 0.5) is 4.79 Å². The van der Waals surface area contributed by atoms with Crippen molar-refractivity contribution in [3.63, 3.8) is 0 Å². The standard InChI is InChI=1S/C21H35N5O2.HI/c1-6-24(5)16-18-9-7-8-17(14-18)15-23-19(22)25-10-12-26(13-11-25)20(27)28-21(2,3)4;/h7-9,14H,6,10-13,15-16H2,1-5H3,(H2,22,23);1H. The van der Waals surface area contributed by atoms with E-state index < -0.39 is 5.60 Å². The highest BCUT2D eigenvalue weighted by Gasteiger charge is 2.26. The lowest BCUT2D eigenvalue weighted by Gasteiger charge is -2.36. The number of nitrogens with two attached hydrogens (primary N) is 1. The number of aliphatic imine (C=N–C) groups is 1. The number of nitrogens with zero attached hydrogens (tertiary/aromatic N) is 4. The van der Waals surface area contributed by atoms with Gasteiger partial charge in [-0.3, -0.25) is 0 Å². The maximum atomic E-state index is 12.2. The molecule has 29 heavy (non-hydrogen) atoms. The van der Waals surface area contributed by atoms with Gasteiger partial charge in [-0.25, -0.2) is 9.79 Å². The molecule has 7 nitrogen and oxygen atoms in total. The Kier molecular flexibility index (Phi) is 10.2. The number of halogens is 1. The lowest BCUT2D eigenvalue weighted by molar-refractivity contribution is 0.0186. The molecule has 0 aromatic heterocycles. The van der Waals surface area contributed by atoms with E-state index >= 15 is 0 Å². The fraction of sp³-hybridized carbons (Fsp3) is 0.619. The smallest absolute Gasteiger partial charge is 0.410 e. The normalized spacial score (nSPS) is 15.3. The van der Waals surface area contributed by atoms with E-state index in [9.17, 15) is 4.79 Å². The number of carbonyl (C=O) groups is 1. The molecule has 0 saturated carbocycles. The van der Waals surface area contributed by atoms with Crippen LogP contribution in [0.2, 0.25) is 0 Å². The minimum Gasteiger partial charge on any atom is -0.444 e. The van der Waals surface area contributed by atoms with Crippen LogP contribution < -0.4 is 5.73 Å². The van der Waals surface area contributed by atoms with Crippen LogP contribution in [0.1, 0.15) is 38.8 Å². The molecule has 1 aromatic carbocycles. The largest absolute Gasteiger partial charge is 0.444 e. The van der Waals surface area contributed by atoms with Gasteiger partial charge in [0.25, 0.3) is 0 Å². The van der Waals surface area contributed by atoms with Crippen molar-refractivity contribution < 1.29 is 9.53 Å². The third-order valence-electron chi connectivity index (χ3n) is 4.66. The van der Waals surface area contributed by atoms with E-state index in [0.29, 0.717) is 38.7 Å². The van der Waals surface area contributed by atoms with Crippen LogP contribution in [0, 0.1) is 0 Å². The minimum atomic E-state index is -0.477. The Morgan fingerprint density at radius 1 is 1.17 bits per heavy atom. The molecule has 1 aromatic rings. The Hall–Kier alpha value is -1.55. The molecule has 164 valence electrons. The molecule has 0 unspecified atom stereocenters. The molecule has 0 aliphatic carbocycles. The number of amides is 1. The average Bonchev–Trinajstić information content (AvgIpc) is 2.65. The molecule has 1 amide bonds. The number of carbonyl (C=O) groups excluding carboxylic acids is 1. The van der Waals surface area contributed by atoms with Gasteiger partial charge < -0.3 is 25.2 Å². The third kappa shape index (κ3) is 8.77. The zero-order chi connectivity index (χ0) is 20.7. The molecule has 1 aliphatic rings. The van der Waals surface area contributed by atoms with Crippen molar-refractivity contribution in [1.82, 2.24) is 14.7 Å². The summed E-state index contributed by atoms with van der Waals surface area (Å²) in [4.78, 5) is 22.7. The van der Waals surface area contributed by atoms with Crippen molar-refractivity contribution in [1.29, 1.82) is 0 Å². The van der Waals surface area contributed by atoms with Gasteiger partial charge in [-0.15, -0.1) is 24.0 Å². The number of hydrogen-bond donors (Lipinski definition) is 1. The maximum absolute atomic E-state index is 12.2. The molecule has 2 rings (SSSR count). The number of hydrogen-bond acceptors (Lipinski definition) is 4. The van der Waals surface area contributed by atoms with Crippen LogP contribution >= 0.6 is 24.0 Å². The van der Waals surface area contributed by atoms with Crippen molar-refractivity contribution >= 4 is 36.0 Å². The van der Waals surface area contributed by atoms with Crippen molar-refractivity contribution in [2.75, 3.05) is 39.8 Å². The first kappa shape index (κ1) is 25.5. The highest BCUT2D eigenvalue weighted by molar-refractivity contribution is 14.0. The highest BCUT2D eigenvalue weighted by atomic mass is 127. The molecule has 1 aliphatic heterocycles. The number of rotatable bonds is 5. The van der Waals surface area contributed by atoms with Crippen LogP contribution in [-0.4, -0.2) is 72.1 Å². The summed E-state index contributed by atoms with van der Waals surface area (Å²) in [6, 6.07) is 8.47. The number of guanidine groups is 1. The quantitative estimate of drug-likeness (QED) is 0.369. The predicted molar refractivity (Wildman–Crippen MR) is 129 cm³/mol. The van der Waals surface area contributed by atoms with Crippen LogP contribution in [0.3, 0.4) is 0 Å². The van der Waals surface area contributed by atoms with Gasteiger partial charge in [0.1, 0.15) is 5.60 Å². The van der Waals surface area contributed by atoms with Gasteiger partial charge in [-0.05, 0) is 45.5 Å². The highest BCUT2D eigenvalue weighted by Crippen LogP contribution is 2.12. The SMILES string of the molecule is CCN(C)Cc1cccc(CN=C(N)N2CCN(C(=O)OC(C)(C)C)CC2)c1.I. The molecule has 0 radical (unpaired) electrons. The minimum absolute atomic E-state index is 0. The number of ether oxygens (including phenoxy) is 1. The van der Waals surface area contributed by atoms with Crippen molar-refractivity contribution in [3.8, 4) is 0 Å². The number of piperazine rings is 1. The summed E-state index contributed by atoms with van der Waals surface area (Å²) in [7, 11) is 2.11. The van der Waals surface area contributed by atoms with Gasteiger partial charge in [-0.2, -0.15) is 0 Å². The molecular formula is C21H36IN5O2. The third-order valence-corrected chi connectivity index (χ3v) is 4.66. The summed E-state index contributed by atoms with van der Waals surface area (Å²) in [5.41, 5.74) is 8.15. The van der Waals surface area contributed by atoms with Gasteiger partial charge in [0, 0.05) is 32.7 Å². The van der Waals surface area contributed by atoms with E-state index in [1.165, 1.54) is 5.56 Å². The average molecular weight is 517 g/mol. The van der Waals surface area contributed by atoms with E-state index in [0.717, 1.165) is 18.7 Å². The topological polar surface area (TPSA) is 74.4 Å². The van der Waals surface area contributed by atoms with Gasteiger partial charge in [0.2, 0.25) is 0 Å². The summed E-state index contributed by atoms with van der Waals surface area (Å²) < 4.78 is 5.43. The van der Waals surface area contributed by atoms with Crippen molar-refractivity contribution in [2.45, 2.75) is 46.4 Å². The molecular weight excluding hydrogens is 481 g/mol. The lowest BCUT2D eigenvalue weighted by Crippen LogP contribution is -2.53. The summed E-state index contributed by atoms with van der Waals surface area (Å²) in [5, 5.41) is 0. The molecule has 1 heterocycles. The lowest BCUT2D eigenvalue weighted by atomic mass is 10.1. The molecule has 0 atom stereocenters. The summed E-state index contributed by atoms with van der Waals surface area (Å²) >= 11 is 0. The van der Waals surface area contributed by atoms with E-state index in [-0.39, 0.29) is 30.1 Å². The Bertz CT molecular complexity index is 682. The molecule has 1 fully saturated rings. The predicted octanol–water partition coefficient (Wildman–Crippen LogP) is 3.12. The molecule has 0 spiro atoms. The Balaban J connectivity index is 0.00000420. The fourth-order valence-corrected chi connectivity index (χ4v) is 2.97. The monoisotopic (exact) mass is 517 g/mol. The van der Waals surface area contributed by atoms with E-state index in [1.54, 1.807) is 4.90 Å². The van der Waals surface area contributed by atoms with Crippen LogP contribution in [0.5, 0.6) is 0 Å². The van der Waals surface area contributed by atoms with Gasteiger partial charge in [0.05, 0.1) is 6.54 Å². The second-order valence-corrected chi connectivity index (χ2v) is 8.28. The van der Waals surface area contributed by atoms with E-state index in [4.69, 9.17) is 10.5 Å². The molecule has 8 heteroatoms. The first-order valence-electron chi connectivity index (χ1n) is 9.97. The summed E-state index contributed by atoms with van der Waals surface area (Å²) in [6.45, 7) is 12.8. The van der Waals surface area contributed by atoms with Gasteiger partial charge in [0.15, 0.2) is 5.96 Å². The van der Waals surface area contributed by atoms with E-state index in [1.807, 2.05) is 25.7 Å². The second-order valence-electron chi connectivity index (χ2n) is 8.28. The van der Waals surface area contributed by atoms with Gasteiger partial charge >= 0.3 is 6.09 Å². The van der Waals surface area contributed by atoms with Gasteiger partial charge in [-0.1, -0.05) is 31.2 Å². The van der Waals surface area contributed by atoms with Crippen molar-refractivity contribution in [2.24, 2.45) is 10.7 Å². The Morgan fingerprint density at radius 2 is 1.76 bits per heavy atom. The van der Waals surface area contributed by atoms with E-state index in [2.05, 4.69) is 48.1 Å². The summed E-state index contributed by atoms with van der Waals surface area (Å²) in [6.07, 6.45) is -0.267. The zero-order valence-electron chi connectivity index (χ0n) is 18.4. The second kappa shape index (κ2) is 11.6. The number of benzene rings is 1. The zero-order valence-corrected chi connectivity index (χ0v) is 20.7. The molecule has 0 bridgehead atoms. The van der Waals surface area contributed by atoms with Crippen LogP contribution in [-0.2, 0) is 17.8 Å². The molecule has 1 saturated heterocycles. The van der Waals surface area contributed by atoms with Crippen LogP contribution in [0.15, 0.2) is 29.3 Å². The Morgan fingerprint density at radius 3 is 2.34 bits per heavy atom. The first-order valence-corrected chi connectivity index (χ1v) is 9.97. The van der Waals surface area contributed by atoms with Crippen LogP contribution in [0.25, 0.3) is 0 Å². The fourth-order valence-electron chi connectivity index (χ4n) is 2.97. The first-order chi connectivity index (χ1) is 13.2. The Labute approximate surface area is 192 Å². The van der Waals surface area contributed by atoms with Crippen molar-refractivity contribution in [3.05, 3.63) is 35.4 Å². The molecule has 2 N–H and O–H groups in total. The summed E-state index contributed by atoms with van der Waals surface area (Å²) in [5.74, 6) is 0.528. The maximum Gasteiger partial charge on any atom is 0.410 e.